The third-order valence-electron chi connectivity index (χ3n) is 3.61. The van der Waals surface area contributed by atoms with Gasteiger partial charge in [-0.15, -0.1) is 0 Å². The zero-order chi connectivity index (χ0) is 17.2. The summed E-state index contributed by atoms with van der Waals surface area (Å²) in [4.78, 5) is 0.218. The van der Waals surface area contributed by atoms with Gasteiger partial charge in [0.2, 0.25) is 0 Å². The Hall–Kier alpha value is -2.11. The zero-order valence-electron chi connectivity index (χ0n) is 13.0. The van der Waals surface area contributed by atoms with Crippen LogP contribution in [0, 0.1) is 6.92 Å². The Balaban J connectivity index is 1.93. The molecular formula is C19H16BrNO2S. The van der Waals surface area contributed by atoms with Gasteiger partial charge in [-0.3, -0.25) is 4.72 Å². The second kappa shape index (κ2) is 6.79. The minimum atomic E-state index is -3.63. The van der Waals surface area contributed by atoms with E-state index in [0.717, 1.165) is 21.2 Å². The van der Waals surface area contributed by atoms with E-state index in [2.05, 4.69) is 20.7 Å². The Morgan fingerprint density at radius 1 is 0.875 bits per heavy atom. The molecule has 3 aromatic rings. The van der Waals surface area contributed by atoms with Gasteiger partial charge in [-0.05, 0) is 47.9 Å². The fourth-order valence-electron chi connectivity index (χ4n) is 2.44. The van der Waals surface area contributed by atoms with Crippen LogP contribution >= 0.6 is 15.9 Å². The smallest absolute Gasteiger partial charge is 0.261 e. The first-order valence-electron chi connectivity index (χ1n) is 7.40. The van der Waals surface area contributed by atoms with E-state index in [0.29, 0.717) is 5.69 Å². The molecule has 0 spiro atoms. The molecule has 0 saturated carbocycles. The van der Waals surface area contributed by atoms with Crippen LogP contribution in [0.1, 0.15) is 5.56 Å². The first kappa shape index (κ1) is 16.7. The molecular weight excluding hydrogens is 386 g/mol. The normalized spacial score (nSPS) is 11.2. The van der Waals surface area contributed by atoms with Crippen LogP contribution in [0.25, 0.3) is 11.1 Å². The van der Waals surface area contributed by atoms with Crippen molar-refractivity contribution in [1.82, 2.24) is 0 Å². The number of nitrogens with one attached hydrogen (secondary N) is 1. The summed E-state index contributed by atoms with van der Waals surface area (Å²) in [6, 6.07) is 22.1. The lowest BCUT2D eigenvalue weighted by Gasteiger charge is -2.11. The van der Waals surface area contributed by atoms with E-state index in [1.807, 2.05) is 55.5 Å². The highest BCUT2D eigenvalue weighted by Crippen LogP contribution is 2.30. The summed E-state index contributed by atoms with van der Waals surface area (Å²) < 4.78 is 28.5. The fraction of sp³-hybridized carbons (Fsp3) is 0.0526. The van der Waals surface area contributed by atoms with Gasteiger partial charge in [0.05, 0.1) is 4.90 Å². The maximum atomic E-state index is 12.6. The average Bonchev–Trinajstić information content (AvgIpc) is 2.55. The van der Waals surface area contributed by atoms with Gasteiger partial charge in [0.25, 0.3) is 10.0 Å². The molecule has 0 radical (unpaired) electrons. The summed E-state index contributed by atoms with van der Waals surface area (Å²) in [5, 5.41) is 0. The number of rotatable bonds is 4. The van der Waals surface area contributed by atoms with Crippen molar-refractivity contribution in [3.05, 3.63) is 82.8 Å². The molecule has 0 amide bonds. The number of hydrogen-bond donors (Lipinski definition) is 1. The van der Waals surface area contributed by atoms with Crippen LogP contribution in [0.3, 0.4) is 0 Å². The number of halogens is 1. The van der Waals surface area contributed by atoms with E-state index in [1.165, 1.54) is 0 Å². The molecule has 0 aliphatic carbocycles. The second-order valence-corrected chi connectivity index (χ2v) is 8.02. The third kappa shape index (κ3) is 3.68. The molecule has 0 aliphatic rings. The van der Waals surface area contributed by atoms with Crippen LogP contribution in [0.15, 0.2) is 82.2 Å². The van der Waals surface area contributed by atoms with Crippen molar-refractivity contribution in [2.45, 2.75) is 11.8 Å². The molecule has 0 heterocycles. The van der Waals surface area contributed by atoms with Crippen LogP contribution < -0.4 is 4.72 Å². The Bertz CT molecular complexity index is 970. The first-order valence-corrected chi connectivity index (χ1v) is 9.68. The van der Waals surface area contributed by atoms with Crippen LogP contribution in [-0.2, 0) is 10.0 Å². The lowest BCUT2D eigenvalue weighted by Crippen LogP contribution is -2.13. The quantitative estimate of drug-likeness (QED) is 0.650. The lowest BCUT2D eigenvalue weighted by molar-refractivity contribution is 0.601. The highest BCUT2D eigenvalue weighted by atomic mass is 79.9. The summed E-state index contributed by atoms with van der Waals surface area (Å²) in [6.45, 7) is 1.92. The number of anilines is 1. The van der Waals surface area contributed by atoms with E-state index in [9.17, 15) is 8.42 Å². The minimum Gasteiger partial charge on any atom is -0.280 e. The van der Waals surface area contributed by atoms with Crippen LogP contribution in [-0.4, -0.2) is 8.42 Å². The Kier molecular flexibility index (Phi) is 4.73. The minimum absolute atomic E-state index is 0.218. The van der Waals surface area contributed by atoms with Crippen LogP contribution in [0.5, 0.6) is 0 Å². The molecule has 0 saturated heterocycles. The number of hydrogen-bond acceptors (Lipinski definition) is 2. The van der Waals surface area contributed by atoms with Gasteiger partial charge in [-0.25, -0.2) is 8.42 Å². The maximum absolute atomic E-state index is 12.6. The molecule has 0 atom stereocenters. The van der Waals surface area contributed by atoms with Crippen molar-refractivity contribution in [2.75, 3.05) is 4.72 Å². The van der Waals surface area contributed by atoms with E-state index in [1.54, 1.807) is 24.3 Å². The molecule has 0 unspecified atom stereocenters. The van der Waals surface area contributed by atoms with E-state index in [4.69, 9.17) is 0 Å². The summed E-state index contributed by atoms with van der Waals surface area (Å²) in [6.07, 6.45) is 0. The van der Waals surface area contributed by atoms with Gasteiger partial charge in [0.1, 0.15) is 0 Å². The van der Waals surface area contributed by atoms with Gasteiger partial charge in [-0.2, -0.15) is 0 Å². The number of benzene rings is 3. The summed E-state index contributed by atoms with van der Waals surface area (Å²) in [5.41, 5.74) is 3.53. The van der Waals surface area contributed by atoms with Crippen LogP contribution in [0.2, 0.25) is 0 Å². The number of aryl methyl sites for hydroxylation is 1. The largest absolute Gasteiger partial charge is 0.280 e. The maximum Gasteiger partial charge on any atom is 0.261 e. The molecule has 24 heavy (non-hydrogen) atoms. The highest BCUT2D eigenvalue weighted by molar-refractivity contribution is 9.10. The van der Waals surface area contributed by atoms with Crippen LogP contribution in [0.4, 0.5) is 5.69 Å². The summed E-state index contributed by atoms with van der Waals surface area (Å²) >= 11 is 3.48. The fourth-order valence-corrected chi connectivity index (χ4v) is 4.27. The highest BCUT2D eigenvalue weighted by Gasteiger charge is 2.16. The van der Waals surface area contributed by atoms with Crippen molar-refractivity contribution in [3.8, 4) is 11.1 Å². The molecule has 3 aromatic carbocycles. The molecule has 3 rings (SSSR count). The Morgan fingerprint density at radius 2 is 1.62 bits per heavy atom. The van der Waals surface area contributed by atoms with Gasteiger partial charge in [0.15, 0.2) is 0 Å². The van der Waals surface area contributed by atoms with Crippen molar-refractivity contribution >= 4 is 31.6 Å². The predicted molar refractivity (Wildman–Crippen MR) is 102 cm³/mol. The molecule has 0 aliphatic heterocycles. The van der Waals surface area contributed by atoms with Gasteiger partial charge >= 0.3 is 0 Å². The monoisotopic (exact) mass is 401 g/mol. The van der Waals surface area contributed by atoms with Crippen molar-refractivity contribution in [2.24, 2.45) is 0 Å². The van der Waals surface area contributed by atoms with Crippen molar-refractivity contribution in [3.63, 3.8) is 0 Å². The molecule has 122 valence electrons. The third-order valence-corrected chi connectivity index (χ3v) is 5.64. The standard InChI is InChI=1S/C19H16BrNO2S/c1-14-6-5-9-16(12-14)21-24(22,23)17-10-11-18(19(20)13-17)15-7-3-2-4-8-15/h2-13,21H,1H3. The van der Waals surface area contributed by atoms with E-state index < -0.39 is 10.0 Å². The van der Waals surface area contributed by atoms with Gasteiger partial charge in [-0.1, -0.05) is 64.5 Å². The molecule has 1 N–H and O–H groups in total. The summed E-state index contributed by atoms with van der Waals surface area (Å²) in [5.74, 6) is 0. The predicted octanol–water partition coefficient (Wildman–Crippen LogP) is 5.23. The molecule has 0 fully saturated rings. The molecule has 5 heteroatoms. The molecule has 0 aromatic heterocycles. The molecule has 0 bridgehead atoms. The zero-order valence-corrected chi connectivity index (χ0v) is 15.4. The topological polar surface area (TPSA) is 46.2 Å². The SMILES string of the molecule is Cc1cccc(NS(=O)(=O)c2ccc(-c3ccccc3)c(Br)c2)c1. The Labute approximate surface area is 150 Å². The molecule has 3 nitrogen and oxygen atoms in total. The lowest BCUT2D eigenvalue weighted by atomic mass is 10.1. The number of sulfonamides is 1. The van der Waals surface area contributed by atoms with Gasteiger partial charge in [0, 0.05) is 10.2 Å². The summed E-state index contributed by atoms with van der Waals surface area (Å²) in [7, 11) is -3.63. The van der Waals surface area contributed by atoms with Crippen molar-refractivity contribution < 1.29 is 8.42 Å². The van der Waals surface area contributed by atoms with E-state index in [-0.39, 0.29) is 4.90 Å². The average molecular weight is 402 g/mol. The van der Waals surface area contributed by atoms with Gasteiger partial charge < -0.3 is 0 Å². The van der Waals surface area contributed by atoms with Crippen molar-refractivity contribution in [1.29, 1.82) is 0 Å². The van der Waals surface area contributed by atoms with E-state index >= 15 is 0 Å². The Morgan fingerprint density at radius 3 is 2.29 bits per heavy atom. The first-order chi connectivity index (χ1) is 11.5. The second-order valence-electron chi connectivity index (χ2n) is 5.48.